The van der Waals surface area contributed by atoms with Crippen molar-refractivity contribution in [1.82, 2.24) is 13.7 Å². The van der Waals surface area contributed by atoms with Crippen LogP contribution in [0, 0.1) is 11.8 Å². The SMILES string of the molecule is CC(C)C1CCN(S(=O)(=O)c2c(N)nc3sccn23)CC1. The van der Waals surface area contributed by atoms with Crippen LogP contribution < -0.4 is 5.73 Å². The van der Waals surface area contributed by atoms with Gasteiger partial charge in [-0.05, 0) is 24.7 Å². The Kier molecular flexibility index (Phi) is 3.71. The van der Waals surface area contributed by atoms with E-state index in [2.05, 4.69) is 18.8 Å². The molecule has 0 atom stereocenters. The van der Waals surface area contributed by atoms with Crippen molar-refractivity contribution in [2.75, 3.05) is 18.8 Å². The van der Waals surface area contributed by atoms with Crippen molar-refractivity contribution in [1.29, 1.82) is 0 Å². The molecule has 8 heteroatoms. The van der Waals surface area contributed by atoms with Crippen molar-refractivity contribution >= 4 is 32.1 Å². The second-order valence-corrected chi connectivity index (χ2v) is 8.57. The van der Waals surface area contributed by atoms with E-state index in [1.165, 1.54) is 11.3 Å². The summed E-state index contributed by atoms with van der Waals surface area (Å²) in [6.45, 7) is 5.50. The van der Waals surface area contributed by atoms with Crippen LogP contribution in [0.2, 0.25) is 0 Å². The molecule has 1 saturated heterocycles. The van der Waals surface area contributed by atoms with Gasteiger partial charge in [0.2, 0.25) is 0 Å². The summed E-state index contributed by atoms with van der Waals surface area (Å²) in [6.07, 6.45) is 3.52. The molecule has 6 nitrogen and oxygen atoms in total. The summed E-state index contributed by atoms with van der Waals surface area (Å²) in [4.78, 5) is 4.74. The number of nitrogens with two attached hydrogens (primary N) is 1. The van der Waals surface area contributed by atoms with E-state index >= 15 is 0 Å². The lowest BCUT2D eigenvalue weighted by Crippen LogP contribution is -2.40. The van der Waals surface area contributed by atoms with Gasteiger partial charge in [-0.2, -0.15) is 4.31 Å². The molecule has 0 radical (unpaired) electrons. The molecule has 0 bridgehead atoms. The zero-order valence-electron chi connectivity index (χ0n) is 12.2. The number of hydrogen-bond donors (Lipinski definition) is 1. The van der Waals surface area contributed by atoms with Crippen molar-refractivity contribution in [2.24, 2.45) is 11.8 Å². The molecule has 2 aromatic heterocycles. The zero-order chi connectivity index (χ0) is 15.2. The molecule has 0 saturated carbocycles. The third-order valence-corrected chi connectivity index (χ3v) is 6.97. The summed E-state index contributed by atoms with van der Waals surface area (Å²) in [5, 5.41) is 1.92. The molecule has 0 aliphatic carbocycles. The normalized spacial score (nSPS) is 18.8. The summed E-state index contributed by atoms with van der Waals surface area (Å²) in [5.74, 6) is 1.28. The molecule has 0 amide bonds. The van der Waals surface area contributed by atoms with Gasteiger partial charge in [0, 0.05) is 24.7 Å². The van der Waals surface area contributed by atoms with E-state index in [4.69, 9.17) is 5.73 Å². The minimum absolute atomic E-state index is 0.0906. The topological polar surface area (TPSA) is 80.7 Å². The van der Waals surface area contributed by atoms with E-state index in [1.807, 2.05) is 5.38 Å². The summed E-state index contributed by atoms with van der Waals surface area (Å²) in [7, 11) is -3.58. The number of thiazole rings is 1. The smallest absolute Gasteiger partial charge is 0.262 e. The van der Waals surface area contributed by atoms with Crippen LogP contribution in [0.4, 0.5) is 5.82 Å². The van der Waals surface area contributed by atoms with Crippen LogP contribution in [0.3, 0.4) is 0 Å². The number of nitrogen functional groups attached to an aromatic ring is 1. The fourth-order valence-corrected chi connectivity index (χ4v) is 5.36. The number of sulfonamides is 1. The van der Waals surface area contributed by atoms with Gasteiger partial charge in [0.05, 0.1) is 0 Å². The maximum atomic E-state index is 12.8. The molecule has 0 aromatic carbocycles. The second-order valence-electron chi connectivity index (χ2n) is 5.84. The summed E-state index contributed by atoms with van der Waals surface area (Å²) < 4.78 is 28.8. The van der Waals surface area contributed by atoms with Crippen LogP contribution in [0.5, 0.6) is 0 Å². The molecule has 0 spiro atoms. The molecule has 0 unspecified atom stereocenters. The number of piperidine rings is 1. The van der Waals surface area contributed by atoms with Crippen LogP contribution in [0.15, 0.2) is 16.6 Å². The molecular weight excluding hydrogens is 308 g/mol. The van der Waals surface area contributed by atoms with Crippen LogP contribution in [0.1, 0.15) is 26.7 Å². The molecule has 3 rings (SSSR count). The Bertz CT molecular complexity index is 739. The van der Waals surface area contributed by atoms with Crippen molar-refractivity contribution in [3.63, 3.8) is 0 Å². The highest BCUT2D eigenvalue weighted by Crippen LogP contribution is 2.31. The molecule has 3 heterocycles. The number of anilines is 1. The first-order chi connectivity index (χ1) is 9.91. The standard InChI is InChI=1S/C13H20N4O2S2/c1-9(2)10-3-5-16(6-4-10)21(18,19)12-11(14)15-13-17(12)7-8-20-13/h7-10H,3-6,14H2,1-2H3. The van der Waals surface area contributed by atoms with Crippen molar-refractivity contribution in [3.8, 4) is 0 Å². The first-order valence-corrected chi connectivity index (χ1v) is 9.44. The van der Waals surface area contributed by atoms with Gasteiger partial charge in [-0.25, -0.2) is 13.4 Å². The van der Waals surface area contributed by atoms with E-state index in [-0.39, 0.29) is 10.8 Å². The van der Waals surface area contributed by atoms with E-state index < -0.39 is 10.0 Å². The van der Waals surface area contributed by atoms with Gasteiger partial charge in [0.1, 0.15) is 0 Å². The van der Waals surface area contributed by atoms with Gasteiger partial charge in [-0.1, -0.05) is 13.8 Å². The number of fused-ring (bicyclic) bond motifs is 1. The lowest BCUT2D eigenvalue weighted by Gasteiger charge is -2.32. The predicted octanol–water partition coefficient (Wildman–Crippen LogP) is 2.03. The Hall–Kier alpha value is -1.12. The van der Waals surface area contributed by atoms with Gasteiger partial charge in [-0.3, -0.25) is 4.40 Å². The highest BCUT2D eigenvalue weighted by molar-refractivity contribution is 7.89. The molecule has 21 heavy (non-hydrogen) atoms. The molecule has 116 valence electrons. The minimum atomic E-state index is -3.58. The van der Waals surface area contributed by atoms with Crippen LogP contribution >= 0.6 is 11.3 Å². The summed E-state index contributed by atoms with van der Waals surface area (Å²) >= 11 is 1.38. The number of hydrogen-bond acceptors (Lipinski definition) is 5. The van der Waals surface area contributed by atoms with E-state index in [1.54, 1.807) is 14.9 Å². The summed E-state index contributed by atoms with van der Waals surface area (Å²) in [5.41, 5.74) is 5.83. The Morgan fingerprint density at radius 3 is 2.67 bits per heavy atom. The third-order valence-electron chi connectivity index (χ3n) is 4.27. The molecule has 1 aliphatic heterocycles. The predicted molar refractivity (Wildman–Crippen MR) is 83.8 cm³/mol. The average Bonchev–Trinajstić information content (AvgIpc) is 2.98. The molecule has 1 fully saturated rings. The van der Waals surface area contributed by atoms with E-state index in [9.17, 15) is 8.42 Å². The number of nitrogens with zero attached hydrogens (tertiary/aromatic N) is 3. The first-order valence-electron chi connectivity index (χ1n) is 7.12. The highest BCUT2D eigenvalue weighted by atomic mass is 32.2. The third kappa shape index (κ3) is 2.45. The fourth-order valence-electron chi connectivity index (χ4n) is 2.94. The van der Waals surface area contributed by atoms with Crippen LogP contribution in [0.25, 0.3) is 4.96 Å². The Morgan fingerprint density at radius 2 is 2.05 bits per heavy atom. The van der Waals surface area contributed by atoms with Crippen LogP contribution in [-0.4, -0.2) is 35.2 Å². The van der Waals surface area contributed by atoms with Gasteiger partial charge in [0.15, 0.2) is 15.8 Å². The maximum Gasteiger partial charge on any atom is 0.262 e. The van der Waals surface area contributed by atoms with Crippen molar-refractivity contribution in [3.05, 3.63) is 11.6 Å². The lowest BCUT2D eigenvalue weighted by atomic mass is 9.87. The lowest BCUT2D eigenvalue weighted by molar-refractivity contribution is 0.226. The zero-order valence-corrected chi connectivity index (χ0v) is 13.8. The quantitative estimate of drug-likeness (QED) is 0.935. The van der Waals surface area contributed by atoms with Crippen LogP contribution in [-0.2, 0) is 10.0 Å². The number of aromatic nitrogens is 2. The van der Waals surface area contributed by atoms with Gasteiger partial charge in [0.25, 0.3) is 10.0 Å². The minimum Gasteiger partial charge on any atom is -0.381 e. The molecule has 1 aliphatic rings. The highest BCUT2D eigenvalue weighted by Gasteiger charge is 2.34. The molecule has 2 aromatic rings. The van der Waals surface area contributed by atoms with Gasteiger partial charge < -0.3 is 5.73 Å². The summed E-state index contributed by atoms with van der Waals surface area (Å²) in [6, 6.07) is 0. The Balaban J connectivity index is 1.91. The van der Waals surface area contributed by atoms with Gasteiger partial charge in [-0.15, -0.1) is 11.3 Å². The largest absolute Gasteiger partial charge is 0.381 e. The Morgan fingerprint density at radius 1 is 1.38 bits per heavy atom. The molecule has 2 N–H and O–H groups in total. The fraction of sp³-hybridized carbons (Fsp3) is 0.615. The molecular formula is C13H20N4O2S2. The number of imidazole rings is 1. The van der Waals surface area contributed by atoms with E-state index in [0.717, 1.165) is 12.8 Å². The number of rotatable bonds is 3. The van der Waals surface area contributed by atoms with Gasteiger partial charge >= 0.3 is 0 Å². The first kappa shape index (κ1) is 14.8. The maximum absolute atomic E-state index is 12.8. The van der Waals surface area contributed by atoms with Crippen molar-refractivity contribution in [2.45, 2.75) is 31.7 Å². The Labute approximate surface area is 128 Å². The monoisotopic (exact) mass is 328 g/mol. The van der Waals surface area contributed by atoms with Crippen molar-refractivity contribution < 1.29 is 8.42 Å². The van der Waals surface area contributed by atoms with E-state index in [0.29, 0.717) is 29.9 Å². The average molecular weight is 328 g/mol. The second kappa shape index (κ2) is 5.26.